The molecule has 0 amide bonds. The SMILES string of the molecule is COCC1CN1Cc1ccccc1. The number of methoxy groups -OCH3 is 1. The smallest absolute Gasteiger partial charge is 0.0630 e. The monoisotopic (exact) mass is 177 g/mol. The lowest BCUT2D eigenvalue weighted by Gasteiger charge is -2.02. The van der Waals surface area contributed by atoms with Crippen LogP contribution in [0.3, 0.4) is 0 Å². The highest BCUT2D eigenvalue weighted by atomic mass is 16.5. The van der Waals surface area contributed by atoms with Crippen LogP contribution in [0.5, 0.6) is 0 Å². The van der Waals surface area contributed by atoms with Crippen molar-refractivity contribution in [2.24, 2.45) is 0 Å². The van der Waals surface area contributed by atoms with Crippen LogP contribution in [0.4, 0.5) is 0 Å². The minimum Gasteiger partial charge on any atom is -0.383 e. The summed E-state index contributed by atoms with van der Waals surface area (Å²) in [6.45, 7) is 3.12. The third kappa shape index (κ3) is 2.29. The molecule has 1 aliphatic heterocycles. The summed E-state index contributed by atoms with van der Waals surface area (Å²) in [4.78, 5) is 2.42. The highest BCUT2D eigenvalue weighted by Gasteiger charge is 2.33. The van der Waals surface area contributed by atoms with E-state index in [0.29, 0.717) is 6.04 Å². The van der Waals surface area contributed by atoms with Gasteiger partial charge in [-0.2, -0.15) is 0 Å². The first kappa shape index (κ1) is 8.73. The van der Waals surface area contributed by atoms with Crippen LogP contribution in [-0.4, -0.2) is 31.2 Å². The van der Waals surface area contributed by atoms with E-state index in [9.17, 15) is 0 Å². The van der Waals surface area contributed by atoms with Gasteiger partial charge in [-0.05, 0) is 5.56 Å². The van der Waals surface area contributed by atoms with E-state index in [0.717, 1.165) is 13.2 Å². The largest absolute Gasteiger partial charge is 0.383 e. The minimum absolute atomic E-state index is 0.658. The Kier molecular flexibility index (Phi) is 2.62. The molecule has 1 fully saturated rings. The minimum atomic E-state index is 0.658. The van der Waals surface area contributed by atoms with Crippen molar-refractivity contribution in [2.45, 2.75) is 12.6 Å². The summed E-state index contributed by atoms with van der Waals surface area (Å²) in [5.41, 5.74) is 1.39. The van der Waals surface area contributed by atoms with Gasteiger partial charge < -0.3 is 4.74 Å². The molecule has 1 aromatic carbocycles. The molecule has 2 rings (SSSR count). The molecule has 0 radical (unpaired) electrons. The summed E-state index contributed by atoms with van der Waals surface area (Å²) >= 11 is 0. The summed E-state index contributed by atoms with van der Waals surface area (Å²) in [7, 11) is 1.76. The first-order valence-corrected chi connectivity index (χ1v) is 4.67. The maximum absolute atomic E-state index is 5.09. The third-order valence-corrected chi connectivity index (χ3v) is 2.42. The number of ether oxygens (including phenoxy) is 1. The zero-order chi connectivity index (χ0) is 9.10. The summed E-state index contributed by atoms with van der Waals surface area (Å²) < 4.78 is 5.09. The normalized spacial score (nSPS) is 25.9. The molecular formula is C11H15NO. The number of rotatable bonds is 4. The van der Waals surface area contributed by atoms with Gasteiger partial charge >= 0.3 is 0 Å². The molecule has 1 saturated heterocycles. The lowest BCUT2D eigenvalue weighted by Crippen LogP contribution is -2.06. The Balaban J connectivity index is 1.81. The van der Waals surface area contributed by atoms with Gasteiger partial charge in [0.25, 0.3) is 0 Å². The Bertz CT molecular complexity index is 260. The van der Waals surface area contributed by atoms with Crippen LogP contribution in [0.25, 0.3) is 0 Å². The van der Waals surface area contributed by atoms with Crippen LogP contribution in [0, 0.1) is 0 Å². The van der Waals surface area contributed by atoms with E-state index >= 15 is 0 Å². The van der Waals surface area contributed by atoms with Crippen LogP contribution < -0.4 is 0 Å². The number of hydrogen-bond acceptors (Lipinski definition) is 2. The molecule has 0 aliphatic carbocycles. The molecule has 0 N–H and O–H groups in total. The standard InChI is InChI=1S/C11H15NO/c1-13-9-11-8-12(11)7-10-5-3-2-4-6-10/h2-6,11H,7-9H2,1H3. The van der Waals surface area contributed by atoms with Gasteiger partial charge in [-0.3, -0.25) is 4.90 Å². The maximum atomic E-state index is 5.09. The Morgan fingerprint density at radius 3 is 2.85 bits per heavy atom. The van der Waals surface area contributed by atoms with Crippen molar-refractivity contribution in [3.63, 3.8) is 0 Å². The average molecular weight is 177 g/mol. The third-order valence-electron chi connectivity index (χ3n) is 2.42. The molecule has 2 unspecified atom stereocenters. The highest BCUT2D eigenvalue weighted by molar-refractivity contribution is 5.15. The summed E-state index contributed by atoms with van der Waals surface area (Å²) in [6, 6.07) is 11.2. The molecule has 2 atom stereocenters. The van der Waals surface area contributed by atoms with E-state index in [2.05, 4.69) is 35.2 Å². The zero-order valence-corrected chi connectivity index (χ0v) is 7.94. The van der Waals surface area contributed by atoms with Gasteiger partial charge in [-0.15, -0.1) is 0 Å². The van der Waals surface area contributed by atoms with Crippen molar-refractivity contribution in [3.05, 3.63) is 35.9 Å². The Labute approximate surface area is 79.1 Å². The van der Waals surface area contributed by atoms with Crippen molar-refractivity contribution in [3.8, 4) is 0 Å². The lowest BCUT2D eigenvalue weighted by molar-refractivity contribution is 0.187. The molecule has 0 aromatic heterocycles. The van der Waals surface area contributed by atoms with E-state index in [1.54, 1.807) is 7.11 Å². The van der Waals surface area contributed by atoms with Gasteiger partial charge in [0.05, 0.1) is 6.61 Å². The van der Waals surface area contributed by atoms with Crippen molar-refractivity contribution in [2.75, 3.05) is 20.3 Å². The molecule has 1 aromatic rings. The first-order chi connectivity index (χ1) is 6.40. The van der Waals surface area contributed by atoms with E-state index in [-0.39, 0.29) is 0 Å². The molecule has 70 valence electrons. The molecule has 1 heterocycles. The maximum Gasteiger partial charge on any atom is 0.0630 e. The second kappa shape index (κ2) is 3.90. The molecule has 0 saturated carbocycles. The number of nitrogens with zero attached hydrogens (tertiary/aromatic N) is 1. The van der Waals surface area contributed by atoms with Gasteiger partial charge in [0, 0.05) is 26.2 Å². The summed E-state index contributed by atoms with van der Waals surface area (Å²) in [6.07, 6.45) is 0. The quantitative estimate of drug-likeness (QED) is 0.646. The Morgan fingerprint density at radius 2 is 2.15 bits per heavy atom. The van der Waals surface area contributed by atoms with E-state index in [1.165, 1.54) is 12.1 Å². The van der Waals surface area contributed by atoms with Gasteiger partial charge in [-0.25, -0.2) is 0 Å². The highest BCUT2D eigenvalue weighted by Crippen LogP contribution is 2.20. The van der Waals surface area contributed by atoms with E-state index < -0.39 is 0 Å². The average Bonchev–Trinajstić information content (AvgIpc) is 2.86. The van der Waals surface area contributed by atoms with Crippen LogP contribution in [0.2, 0.25) is 0 Å². The van der Waals surface area contributed by atoms with Crippen LogP contribution in [0.1, 0.15) is 5.56 Å². The molecule has 1 aliphatic rings. The number of benzene rings is 1. The molecule has 2 nitrogen and oxygen atoms in total. The lowest BCUT2D eigenvalue weighted by atomic mass is 10.2. The Hall–Kier alpha value is -0.860. The Morgan fingerprint density at radius 1 is 1.38 bits per heavy atom. The molecule has 0 spiro atoms. The number of hydrogen-bond donors (Lipinski definition) is 0. The van der Waals surface area contributed by atoms with E-state index in [4.69, 9.17) is 4.74 Å². The van der Waals surface area contributed by atoms with Crippen LogP contribution in [-0.2, 0) is 11.3 Å². The van der Waals surface area contributed by atoms with Crippen molar-refractivity contribution >= 4 is 0 Å². The predicted molar refractivity (Wildman–Crippen MR) is 52.5 cm³/mol. The summed E-state index contributed by atoms with van der Waals surface area (Å²) in [5.74, 6) is 0. The van der Waals surface area contributed by atoms with Crippen LogP contribution >= 0.6 is 0 Å². The molecule has 2 heteroatoms. The van der Waals surface area contributed by atoms with Crippen molar-refractivity contribution in [1.82, 2.24) is 4.90 Å². The second-order valence-corrected chi connectivity index (χ2v) is 3.52. The molecular weight excluding hydrogens is 162 g/mol. The summed E-state index contributed by atoms with van der Waals surface area (Å²) in [5, 5.41) is 0. The molecule has 0 bridgehead atoms. The van der Waals surface area contributed by atoms with Crippen LogP contribution in [0.15, 0.2) is 30.3 Å². The van der Waals surface area contributed by atoms with Crippen molar-refractivity contribution < 1.29 is 4.74 Å². The fraction of sp³-hybridized carbons (Fsp3) is 0.455. The zero-order valence-electron chi connectivity index (χ0n) is 7.94. The van der Waals surface area contributed by atoms with E-state index in [1.807, 2.05) is 0 Å². The van der Waals surface area contributed by atoms with Gasteiger partial charge in [0.1, 0.15) is 0 Å². The van der Waals surface area contributed by atoms with Gasteiger partial charge in [0.15, 0.2) is 0 Å². The van der Waals surface area contributed by atoms with Gasteiger partial charge in [-0.1, -0.05) is 30.3 Å². The fourth-order valence-corrected chi connectivity index (χ4v) is 1.59. The van der Waals surface area contributed by atoms with Crippen molar-refractivity contribution in [1.29, 1.82) is 0 Å². The molecule has 13 heavy (non-hydrogen) atoms. The fourth-order valence-electron chi connectivity index (χ4n) is 1.59. The van der Waals surface area contributed by atoms with Gasteiger partial charge in [0.2, 0.25) is 0 Å². The topological polar surface area (TPSA) is 12.2 Å². The second-order valence-electron chi connectivity index (χ2n) is 3.52. The predicted octanol–water partition coefficient (Wildman–Crippen LogP) is 1.52. The first-order valence-electron chi connectivity index (χ1n) is 4.67.